The molecule has 1 rings (SSSR count). The summed E-state index contributed by atoms with van der Waals surface area (Å²) in [4.78, 5) is 4.73. The average Bonchev–Trinajstić information content (AvgIpc) is 2.20. The highest BCUT2D eigenvalue weighted by Gasteiger charge is 2.19. The summed E-state index contributed by atoms with van der Waals surface area (Å²) >= 11 is 0. The number of aliphatic hydroxyl groups excluding tert-OH is 1. The van der Waals surface area contributed by atoms with Gasteiger partial charge in [0.15, 0.2) is 0 Å². The third-order valence-corrected chi connectivity index (χ3v) is 3.23. The molecule has 1 saturated heterocycles. The van der Waals surface area contributed by atoms with Gasteiger partial charge in [-0.15, -0.1) is 0 Å². The maximum atomic E-state index is 8.87. The van der Waals surface area contributed by atoms with E-state index in [-0.39, 0.29) is 0 Å². The van der Waals surface area contributed by atoms with Crippen LogP contribution in [0, 0.1) is 5.92 Å². The first kappa shape index (κ1) is 13.7. The summed E-state index contributed by atoms with van der Waals surface area (Å²) in [6.07, 6.45) is 2.53. The van der Waals surface area contributed by atoms with Crippen LogP contribution in [0.15, 0.2) is 12.2 Å². The standard InChI is InChI=1S/C13H26N2O/c1-12(2)10-14(3)11-13-4-6-15(7-5-13)8-9-16/h13,16H,1,4-11H2,2-3H3. The molecule has 16 heavy (non-hydrogen) atoms. The minimum Gasteiger partial charge on any atom is -0.395 e. The lowest BCUT2D eigenvalue weighted by atomic mass is 9.96. The minimum atomic E-state index is 0.292. The predicted octanol–water partition coefficient (Wildman–Crippen LogP) is 1.20. The fourth-order valence-electron chi connectivity index (χ4n) is 2.50. The summed E-state index contributed by atoms with van der Waals surface area (Å²) in [6, 6.07) is 0. The quantitative estimate of drug-likeness (QED) is 0.689. The van der Waals surface area contributed by atoms with E-state index in [1.54, 1.807) is 0 Å². The van der Waals surface area contributed by atoms with Crippen molar-refractivity contribution < 1.29 is 5.11 Å². The molecule has 1 aliphatic rings. The van der Waals surface area contributed by atoms with E-state index in [0.29, 0.717) is 6.61 Å². The number of β-amino-alcohol motifs (C(OH)–C–C–N with tert-alkyl or cyclic N) is 1. The van der Waals surface area contributed by atoms with Crippen LogP contribution in [0.1, 0.15) is 19.8 Å². The van der Waals surface area contributed by atoms with Gasteiger partial charge in [0.25, 0.3) is 0 Å². The highest BCUT2D eigenvalue weighted by atomic mass is 16.3. The van der Waals surface area contributed by atoms with Crippen molar-refractivity contribution in [2.75, 3.05) is 46.4 Å². The Morgan fingerprint density at radius 3 is 2.56 bits per heavy atom. The van der Waals surface area contributed by atoms with Gasteiger partial charge in [0.2, 0.25) is 0 Å². The van der Waals surface area contributed by atoms with Crippen molar-refractivity contribution in [1.82, 2.24) is 9.80 Å². The molecule has 0 bridgehead atoms. The first-order valence-electron chi connectivity index (χ1n) is 6.28. The Bertz CT molecular complexity index is 210. The van der Waals surface area contributed by atoms with Crippen molar-refractivity contribution in [3.05, 3.63) is 12.2 Å². The summed E-state index contributed by atoms with van der Waals surface area (Å²) in [7, 11) is 2.18. The lowest BCUT2D eigenvalue weighted by Gasteiger charge is -2.33. The monoisotopic (exact) mass is 226 g/mol. The van der Waals surface area contributed by atoms with E-state index in [9.17, 15) is 0 Å². The van der Waals surface area contributed by atoms with Crippen LogP contribution in [0.4, 0.5) is 0 Å². The lowest BCUT2D eigenvalue weighted by Crippen LogP contribution is -2.39. The number of aliphatic hydroxyl groups is 1. The van der Waals surface area contributed by atoms with Gasteiger partial charge in [0, 0.05) is 19.6 Å². The van der Waals surface area contributed by atoms with Gasteiger partial charge in [-0.05, 0) is 45.8 Å². The third-order valence-electron chi connectivity index (χ3n) is 3.23. The van der Waals surface area contributed by atoms with Crippen LogP contribution >= 0.6 is 0 Å². The van der Waals surface area contributed by atoms with E-state index in [2.05, 4.69) is 30.4 Å². The highest BCUT2D eigenvalue weighted by molar-refractivity contribution is 4.91. The lowest BCUT2D eigenvalue weighted by molar-refractivity contribution is 0.132. The first-order valence-corrected chi connectivity index (χ1v) is 6.28. The molecule has 1 heterocycles. The van der Waals surface area contributed by atoms with Crippen LogP contribution < -0.4 is 0 Å². The van der Waals surface area contributed by atoms with E-state index >= 15 is 0 Å². The molecule has 0 aliphatic carbocycles. The van der Waals surface area contributed by atoms with Gasteiger partial charge in [-0.25, -0.2) is 0 Å². The molecular formula is C13H26N2O. The Morgan fingerprint density at radius 2 is 2.06 bits per heavy atom. The number of likely N-dealkylation sites (tertiary alicyclic amines) is 1. The summed E-state index contributed by atoms with van der Waals surface area (Å²) in [5.74, 6) is 0.819. The summed E-state index contributed by atoms with van der Waals surface area (Å²) in [5.41, 5.74) is 1.24. The zero-order chi connectivity index (χ0) is 12.0. The van der Waals surface area contributed by atoms with Crippen molar-refractivity contribution in [3.8, 4) is 0 Å². The second-order valence-corrected chi connectivity index (χ2v) is 5.16. The molecular weight excluding hydrogens is 200 g/mol. The van der Waals surface area contributed by atoms with E-state index in [4.69, 9.17) is 5.11 Å². The number of rotatable bonds is 6. The van der Waals surface area contributed by atoms with Crippen molar-refractivity contribution in [1.29, 1.82) is 0 Å². The molecule has 0 atom stereocenters. The second kappa shape index (κ2) is 7.05. The summed E-state index contributed by atoms with van der Waals surface area (Å²) in [6.45, 7) is 11.6. The largest absolute Gasteiger partial charge is 0.395 e. The van der Waals surface area contributed by atoms with Gasteiger partial charge in [0.1, 0.15) is 0 Å². The number of piperidine rings is 1. The van der Waals surface area contributed by atoms with E-state index in [1.807, 2.05) is 0 Å². The SMILES string of the molecule is C=C(C)CN(C)CC1CCN(CCO)CC1. The van der Waals surface area contributed by atoms with Crippen LogP contribution in [-0.2, 0) is 0 Å². The summed E-state index contributed by atoms with van der Waals surface area (Å²) < 4.78 is 0. The molecule has 1 fully saturated rings. The maximum absolute atomic E-state index is 8.87. The Morgan fingerprint density at radius 1 is 1.44 bits per heavy atom. The molecule has 3 heteroatoms. The van der Waals surface area contributed by atoms with Crippen LogP contribution in [0.25, 0.3) is 0 Å². The van der Waals surface area contributed by atoms with Gasteiger partial charge in [0.05, 0.1) is 6.61 Å². The molecule has 0 aromatic rings. The van der Waals surface area contributed by atoms with Crippen molar-refractivity contribution in [2.24, 2.45) is 5.92 Å². The number of hydrogen-bond acceptors (Lipinski definition) is 3. The number of likely N-dealkylation sites (N-methyl/N-ethyl adjacent to an activating group) is 1. The van der Waals surface area contributed by atoms with E-state index < -0.39 is 0 Å². The molecule has 0 amide bonds. The van der Waals surface area contributed by atoms with Crippen LogP contribution in [0.5, 0.6) is 0 Å². The molecule has 0 aromatic carbocycles. The van der Waals surface area contributed by atoms with Gasteiger partial charge in [-0.2, -0.15) is 0 Å². The van der Waals surface area contributed by atoms with Crippen LogP contribution in [0.2, 0.25) is 0 Å². The van der Waals surface area contributed by atoms with Gasteiger partial charge in [-0.1, -0.05) is 12.2 Å². The Hall–Kier alpha value is -0.380. The number of hydrogen-bond donors (Lipinski definition) is 1. The van der Waals surface area contributed by atoms with Crippen LogP contribution in [-0.4, -0.2) is 61.3 Å². The van der Waals surface area contributed by atoms with Crippen LogP contribution in [0.3, 0.4) is 0 Å². The van der Waals surface area contributed by atoms with E-state index in [0.717, 1.165) is 32.1 Å². The van der Waals surface area contributed by atoms with Gasteiger partial charge in [-0.3, -0.25) is 0 Å². The highest BCUT2D eigenvalue weighted by Crippen LogP contribution is 2.17. The fourth-order valence-corrected chi connectivity index (χ4v) is 2.50. The molecule has 1 aliphatic heterocycles. The fraction of sp³-hybridized carbons (Fsp3) is 0.846. The Balaban J connectivity index is 2.18. The number of nitrogens with zero attached hydrogens (tertiary/aromatic N) is 2. The molecule has 1 N–H and O–H groups in total. The normalized spacial score (nSPS) is 19.2. The molecule has 0 unspecified atom stereocenters. The van der Waals surface area contributed by atoms with E-state index in [1.165, 1.54) is 25.0 Å². The van der Waals surface area contributed by atoms with Crippen molar-refractivity contribution >= 4 is 0 Å². The van der Waals surface area contributed by atoms with Crippen molar-refractivity contribution in [3.63, 3.8) is 0 Å². The first-order chi connectivity index (χ1) is 7.61. The molecule has 0 saturated carbocycles. The smallest absolute Gasteiger partial charge is 0.0558 e. The average molecular weight is 226 g/mol. The van der Waals surface area contributed by atoms with Gasteiger partial charge < -0.3 is 14.9 Å². The molecule has 94 valence electrons. The zero-order valence-electron chi connectivity index (χ0n) is 10.8. The molecule has 0 radical (unpaired) electrons. The van der Waals surface area contributed by atoms with Crippen molar-refractivity contribution in [2.45, 2.75) is 19.8 Å². The summed E-state index contributed by atoms with van der Waals surface area (Å²) in [5, 5.41) is 8.87. The Kier molecular flexibility index (Phi) is 6.03. The zero-order valence-corrected chi connectivity index (χ0v) is 10.8. The van der Waals surface area contributed by atoms with Gasteiger partial charge >= 0.3 is 0 Å². The second-order valence-electron chi connectivity index (χ2n) is 5.16. The third kappa shape index (κ3) is 5.10. The topological polar surface area (TPSA) is 26.7 Å². The predicted molar refractivity (Wildman–Crippen MR) is 68.6 cm³/mol. The Labute approximate surface area is 99.7 Å². The molecule has 0 aromatic heterocycles. The minimum absolute atomic E-state index is 0.292. The molecule has 3 nitrogen and oxygen atoms in total. The maximum Gasteiger partial charge on any atom is 0.0558 e. The molecule has 0 spiro atoms.